The van der Waals surface area contributed by atoms with Crippen LogP contribution in [0.2, 0.25) is 0 Å². The van der Waals surface area contributed by atoms with Gasteiger partial charge in [0.15, 0.2) is 0 Å². The normalized spacial score (nSPS) is 18.3. The number of benzene rings is 3. The molecule has 1 N–H and O–H groups in total. The van der Waals surface area contributed by atoms with Gasteiger partial charge in [0.05, 0.1) is 5.56 Å². The number of aromatic nitrogens is 2. The van der Waals surface area contributed by atoms with Crippen LogP contribution in [0.1, 0.15) is 35.8 Å². The molecule has 7 heteroatoms. The van der Waals surface area contributed by atoms with E-state index < -0.39 is 11.7 Å². The predicted molar refractivity (Wildman–Crippen MR) is 117 cm³/mol. The van der Waals surface area contributed by atoms with Gasteiger partial charge in [-0.15, -0.1) is 0 Å². The first-order chi connectivity index (χ1) is 15.4. The van der Waals surface area contributed by atoms with Gasteiger partial charge in [0, 0.05) is 28.8 Å². The van der Waals surface area contributed by atoms with E-state index in [2.05, 4.69) is 40.2 Å². The second-order valence-corrected chi connectivity index (χ2v) is 8.05. The highest BCUT2D eigenvalue weighted by Gasteiger charge is 2.35. The van der Waals surface area contributed by atoms with Gasteiger partial charge >= 0.3 is 6.18 Å². The third kappa shape index (κ3) is 3.86. The molecule has 0 amide bonds. The molecule has 4 nitrogen and oxygen atoms in total. The lowest BCUT2D eigenvalue weighted by atomic mass is 9.80. The average Bonchev–Trinajstić information content (AvgIpc) is 3.24. The van der Waals surface area contributed by atoms with Gasteiger partial charge in [0.25, 0.3) is 0 Å². The third-order valence-electron chi connectivity index (χ3n) is 5.87. The summed E-state index contributed by atoms with van der Waals surface area (Å²) in [4.78, 5) is 4.34. The van der Waals surface area contributed by atoms with Crippen molar-refractivity contribution in [3.05, 3.63) is 90.3 Å². The van der Waals surface area contributed by atoms with Gasteiger partial charge in [-0.05, 0) is 35.7 Å². The fraction of sp³-hybridized carbons (Fsp3) is 0.200. The number of nitrogens with one attached hydrogen (secondary N) is 1. The fourth-order valence-corrected chi connectivity index (χ4v) is 4.10. The molecule has 1 aromatic heterocycles. The van der Waals surface area contributed by atoms with Crippen LogP contribution < -0.4 is 5.32 Å². The molecule has 5 rings (SSSR count). The standard InChI is InChI=1S/C25H20F3N3O/c1-15(21-11-5-7-16-6-2-3-10-22(16)21)29-20-13-18(14-20)24-30-23(31-32-24)17-8-4-9-19(12-17)25(26,27)28/h2-12,18,20,29H,1,13-14H2. The molecule has 0 atom stereocenters. The van der Waals surface area contributed by atoms with E-state index in [1.807, 2.05) is 24.3 Å². The van der Waals surface area contributed by atoms with E-state index in [1.165, 1.54) is 6.07 Å². The van der Waals surface area contributed by atoms with Crippen LogP contribution in [0.4, 0.5) is 13.2 Å². The monoisotopic (exact) mass is 435 g/mol. The first kappa shape index (κ1) is 20.3. The Balaban J connectivity index is 1.24. The number of rotatable bonds is 5. The van der Waals surface area contributed by atoms with E-state index in [-0.39, 0.29) is 23.3 Å². The molecule has 1 fully saturated rings. The summed E-state index contributed by atoms with van der Waals surface area (Å²) in [6.07, 6.45) is -2.84. The molecule has 162 valence electrons. The van der Waals surface area contributed by atoms with Crippen molar-refractivity contribution in [3.8, 4) is 11.4 Å². The Bertz CT molecular complexity index is 1280. The molecule has 0 saturated heterocycles. The van der Waals surface area contributed by atoms with Gasteiger partial charge in [0.1, 0.15) is 0 Å². The van der Waals surface area contributed by atoms with E-state index in [0.29, 0.717) is 5.89 Å². The molecule has 0 bridgehead atoms. The number of halogens is 3. The maximum atomic E-state index is 13.0. The van der Waals surface area contributed by atoms with E-state index in [4.69, 9.17) is 4.52 Å². The number of fused-ring (bicyclic) bond motifs is 1. The summed E-state index contributed by atoms with van der Waals surface area (Å²) in [7, 11) is 0. The first-order valence-electron chi connectivity index (χ1n) is 10.3. The Morgan fingerprint density at radius 3 is 2.56 bits per heavy atom. The topological polar surface area (TPSA) is 51.0 Å². The van der Waals surface area contributed by atoms with Crippen LogP contribution in [0.15, 0.2) is 77.8 Å². The van der Waals surface area contributed by atoms with Gasteiger partial charge in [-0.1, -0.05) is 66.3 Å². The Morgan fingerprint density at radius 2 is 1.75 bits per heavy atom. The van der Waals surface area contributed by atoms with Crippen molar-refractivity contribution in [1.29, 1.82) is 0 Å². The highest BCUT2D eigenvalue weighted by atomic mass is 19.4. The number of nitrogens with zero attached hydrogens (tertiary/aromatic N) is 2. The summed E-state index contributed by atoms with van der Waals surface area (Å²) < 4.78 is 44.2. The lowest BCUT2D eigenvalue weighted by molar-refractivity contribution is -0.137. The number of alkyl halides is 3. The van der Waals surface area contributed by atoms with Crippen LogP contribution in [0.5, 0.6) is 0 Å². The van der Waals surface area contributed by atoms with Gasteiger partial charge in [-0.3, -0.25) is 0 Å². The van der Waals surface area contributed by atoms with E-state index in [9.17, 15) is 13.2 Å². The molecule has 1 heterocycles. The molecule has 4 aromatic rings. The Hall–Kier alpha value is -3.61. The fourth-order valence-electron chi connectivity index (χ4n) is 4.10. The molecule has 1 aliphatic carbocycles. The van der Waals surface area contributed by atoms with Crippen LogP contribution >= 0.6 is 0 Å². The first-order valence-corrected chi connectivity index (χ1v) is 10.3. The smallest absolute Gasteiger partial charge is 0.382 e. The molecule has 0 radical (unpaired) electrons. The molecule has 0 aliphatic heterocycles. The maximum Gasteiger partial charge on any atom is 0.416 e. The lowest BCUT2D eigenvalue weighted by Gasteiger charge is -2.34. The molecule has 32 heavy (non-hydrogen) atoms. The predicted octanol–water partition coefficient (Wildman–Crippen LogP) is 6.42. The summed E-state index contributed by atoms with van der Waals surface area (Å²) in [5.41, 5.74) is 1.48. The largest absolute Gasteiger partial charge is 0.416 e. The van der Waals surface area contributed by atoms with E-state index >= 15 is 0 Å². The van der Waals surface area contributed by atoms with Crippen molar-refractivity contribution in [2.45, 2.75) is 31.0 Å². The zero-order valence-electron chi connectivity index (χ0n) is 17.1. The molecule has 1 saturated carbocycles. The van der Waals surface area contributed by atoms with Crippen LogP contribution in [0.3, 0.4) is 0 Å². The minimum atomic E-state index is -4.41. The van der Waals surface area contributed by atoms with E-state index in [1.54, 1.807) is 6.07 Å². The summed E-state index contributed by atoms with van der Waals surface area (Å²) in [5, 5.41) is 9.67. The molecule has 3 aromatic carbocycles. The van der Waals surface area contributed by atoms with Gasteiger partial charge in [-0.25, -0.2) is 0 Å². The van der Waals surface area contributed by atoms with Crippen molar-refractivity contribution < 1.29 is 17.7 Å². The zero-order chi connectivity index (χ0) is 22.3. The zero-order valence-corrected chi connectivity index (χ0v) is 17.1. The second-order valence-electron chi connectivity index (χ2n) is 8.05. The highest BCUT2D eigenvalue weighted by Crippen LogP contribution is 2.38. The van der Waals surface area contributed by atoms with E-state index in [0.717, 1.165) is 47.0 Å². The Morgan fingerprint density at radius 1 is 1.00 bits per heavy atom. The van der Waals surface area contributed by atoms with Crippen LogP contribution in [-0.4, -0.2) is 16.2 Å². The molecular formula is C25H20F3N3O. The molecule has 1 aliphatic rings. The third-order valence-corrected chi connectivity index (χ3v) is 5.87. The van der Waals surface area contributed by atoms with Crippen LogP contribution in [0, 0.1) is 0 Å². The van der Waals surface area contributed by atoms with Gasteiger partial charge < -0.3 is 9.84 Å². The van der Waals surface area contributed by atoms with Crippen molar-refractivity contribution in [1.82, 2.24) is 15.5 Å². The number of hydrogen-bond donors (Lipinski definition) is 1. The Kier molecular flexibility index (Phi) is 4.96. The minimum absolute atomic E-state index is 0.0693. The minimum Gasteiger partial charge on any atom is -0.382 e. The van der Waals surface area contributed by atoms with Crippen molar-refractivity contribution in [2.75, 3.05) is 0 Å². The van der Waals surface area contributed by atoms with Crippen LogP contribution in [-0.2, 0) is 6.18 Å². The SMILES string of the molecule is C=C(NC1CC(c2nc(-c3cccc(C(F)(F)F)c3)no2)C1)c1cccc2ccccc12. The average molecular weight is 435 g/mol. The second kappa shape index (κ2) is 7.82. The maximum absolute atomic E-state index is 13.0. The summed E-state index contributed by atoms with van der Waals surface area (Å²) in [6, 6.07) is 19.5. The Labute approximate surface area is 182 Å². The summed E-state index contributed by atoms with van der Waals surface area (Å²) >= 11 is 0. The summed E-state index contributed by atoms with van der Waals surface area (Å²) in [5.74, 6) is 0.689. The lowest BCUT2D eigenvalue weighted by Crippen LogP contribution is -2.39. The van der Waals surface area contributed by atoms with Gasteiger partial charge in [-0.2, -0.15) is 18.2 Å². The van der Waals surface area contributed by atoms with Crippen molar-refractivity contribution in [2.24, 2.45) is 0 Å². The number of hydrogen-bond acceptors (Lipinski definition) is 4. The highest BCUT2D eigenvalue weighted by molar-refractivity contribution is 5.93. The van der Waals surface area contributed by atoms with Gasteiger partial charge in [0.2, 0.25) is 11.7 Å². The summed E-state index contributed by atoms with van der Waals surface area (Å²) in [6.45, 7) is 4.21. The molecular weight excluding hydrogens is 415 g/mol. The van der Waals surface area contributed by atoms with Crippen LogP contribution in [0.25, 0.3) is 27.9 Å². The van der Waals surface area contributed by atoms with Crippen molar-refractivity contribution >= 4 is 16.5 Å². The molecule has 0 unspecified atom stereocenters. The quantitative estimate of drug-likeness (QED) is 0.393. The molecule has 0 spiro atoms. The van der Waals surface area contributed by atoms with Crippen molar-refractivity contribution in [3.63, 3.8) is 0 Å².